The molecule has 7 heteroatoms. The van der Waals surface area contributed by atoms with Gasteiger partial charge >= 0.3 is 6.18 Å². The molecule has 0 fully saturated rings. The first-order valence-corrected chi connectivity index (χ1v) is 4.36. The Kier molecular flexibility index (Phi) is 2.37. The Labute approximate surface area is 88.8 Å². The molecule has 0 bridgehead atoms. The number of aromatic nitrogens is 4. The number of halogens is 3. The van der Waals surface area contributed by atoms with Crippen molar-refractivity contribution in [3.8, 4) is 11.4 Å². The number of hydrogen-bond donors (Lipinski definition) is 0. The Morgan fingerprint density at radius 2 is 1.94 bits per heavy atom. The van der Waals surface area contributed by atoms with Gasteiger partial charge in [0.25, 0.3) is 0 Å². The minimum absolute atomic E-state index is 0.355. The van der Waals surface area contributed by atoms with Crippen molar-refractivity contribution in [3.63, 3.8) is 0 Å². The van der Waals surface area contributed by atoms with Crippen molar-refractivity contribution >= 4 is 0 Å². The number of nitrogens with zero attached hydrogens (tertiary/aromatic N) is 4. The van der Waals surface area contributed by atoms with E-state index in [1.54, 1.807) is 13.1 Å². The Morgan fingerprint density at radius 3 is 2.38 bits per heavy atom. The van der Waals surface area contributed by atoms with E-state index in [9.17, 15) is 13.2 Å². The maximum Gasteiger partial charge on any atom is 0.434 e. The van der Waals surface area contributed by atoms with Crippen LogP contribution in [0.2, 0.25) is 0 Å². The minimum Gasteiger partial charge on any atom is -0.266 e. The molecule has 0 aromatic carbocycles. The third-order valence-corrected chi connectivity index (χ3v) is 2.03. The molecule has 0 N–H and O–H groups in total. The van der Waals surface area contributed by atoms with Crippen molar-refractivity contribution in [1.82, 2.24) is 19.7 Å². The van der Waals surface area contributed by atoms with Gasteiger partial charge in [0.1, 0.15) is 5.69 Å². The second-order valence-electron chi connectivity index (χ2n) is 3.12. The van der Waals surface area contributed by atoms with E-state index in [0.29, 0.717) is 17.6 Å². The summed E-state index contributed by atoms with van der Waals surface area (Å²) < 4.78 is 38.2. The van der Waals surface area contributed by atoms with Crippen LogP contribution in [0.5, 0.6) is 0 Å². The van der Waals surface area contributed by atoms with Crippen LogP contribution in [0.4, 0.5) is 13.2 Å². The number of alkyl halides is 3. The van der Waals surface area contributed by atoms with Crippen LogP contribution < -0.4 is 0 Å². The summed E-state index contributed by atoms with van der Waals surface area (Å²) in [6.07, 6.45) is -1.13. The molecule has 0 unspecified atom stereocenters. The van der Waals surface area contributed by atoms with Gasteiger partial charge in [0, 0.05) is 13.2 Å². The van der Waals surface area contributed by atoms with Gasteiger partial charge in [-0.1, -0.05) is 0 Å². The second-order valence-corrected chi connectivity index (χ2v) is 3.12. The molecule has 0 saturated heterocycles. The molecule has 0 saturated carbocycles. The van der Waals surface area contributed by atoms with Gasteiger partial charge in [-0.05, 0) is 6.07 Å². The molecule has 2 aromatic heterocycles. The summed E-state index contributed by atoms with van der Waals surface area (Å²) in [6, 6.07) is 1.65. The van der Waals surface area contributed by atoms with Gasteiger partial charge in [0.05, 0.1) is 18.1 Å². The maximum absolute atomic E-state index is 12.2. The molecule has 16 heavy (non-hydrogen) atoms. The molecule has 0 radical (unpaired) electrons. The van der Waals surface area contributed by atoms with E-state index >= 15 is 0 Å². The fourth-order valence-corrected chi connectivity index (χ4v) is 1.23. The van der Waals surface area contributed by atoms with Gasteiger partial charge in [-0.3, -0.25) is 9.67 Å². The Balaban J connectivity index is 2.37. The monoisotopic (exact) mass is 228 g/mol. The normalized spacial score (nSPS) is 11.8. The average Bonchev–Trinajstić information content (AvgIpc) is 2.63. The Morgan fingerprint density at radius 1 is 1.19 bits per heavy atom. The SMILES string of the molecule is Cn1nccc1-c1cnc(C(F)(F)F)cn1. The molecule has 0 spiro atoms. The third-order valence-electron chi connectivity index (χ3n) is 2.03. The van der Waals surface area contributed by atoms with Gasteiger partial charge in [-0.2, -0.15) is 18.3 Å². The molecule has 0 amide bonds. The lowest BCUT2D eigenvalue weighted by Gasteiger charge is -2.05. The molecule has 4 nitrogen and oxygen atoms in total. The zero-order valence-electron chi connectivity index (χ0n) is 8.23. The summed E-state index contributed by atoms with van der Waals surface area (Å²) in [5, 5.41) is 3.89. The summed E-state index contributed by atoms with van der Waals surface area (Å²) in [4.78, 5) is 7.02. The van der Waals surface area contributed by atoms with Gasteiger partial charge in [-0.15, -0.1) is 0 Å². The van der Waals surface area contributed by atoms with Crippen molar-refractivity contribution in [2.45, 2.75) is 6.18 Å². The van der Waals surface area contributed by atoms with E-state index in [2.05, 4.69) is 15.1 Å². The van der Waals surface area contributed by atoms with Crippen molar-refractivity contribution in [1.29, 1.82) is 0 Å². The summed E-state index contributed by atoms with van der Waals surface area (Å²) in [5.41, 5.74) is -0.0346. The van der Waals surface area contributed by atoms with Crippen LogP contribution in [-0.4, -0.2) is 19.7 Å². The molecule has 0 aliphatic rings. The number of aryl methyl sites for hydroxylation is 1. The van der Waals surface area contributed by atoms with Crippen LogP contribution in [0.15, 0.2) is 24.7 Å². The maximum atomic E-state index is 12.2. The predicted octanol–water partition coefficient (Wildman–Crippen LogP) is 1.90. The van der Waals surface area contributed by atoms with Gasteiger partial charge in [0.2, 0.25) is 0 Å². The van der Waals surface area contributed by atoms with E-state index in [1.807, 2.05) is 0 Å². The van der Waals surface area contributed by atoms with Crippen LogP contribution in [0.3, 0.4) is 0 Å². The van der Waals surface area contributed by atoms with Gasteiger partial charge in [0.15, 0.2) is 5.69 Å². The summed E-state index contributed by atoms with van der Waals surface area (Å²) >= 11 is 0. The second kappa shape index (κ2) is 3.58. The molecular weight excluding hydrogens is 221 g/mol. The highest BCUT2D eigenvalue weighted by Gasteiger charge is 2.32. The highest BCUT2D eigenvalue weighted by Crippen LogP contribution is 2.27. The topological polar surface area (TPSA) is 43.6 Å². The van der Waals surface area contributed by atoms with Crippen LogP contribution >= 0.6 is 0 Å². The standard InChI is InChI=1S/C9H7F3N4/c1-16-7(2-3-15-16)6-4-14-8(5-13-6)9(10,11)12/h2-5H,1H3. The van der Waals surface area contributed by atoms with E-state index in [1.165, 1.54) is 10.9 Å². The lowest BCUT2D eigenvalue weighted by Crippen LogP contribution is -2.08. The summed E-state index contributed by atoms with van der Waals surface area (Å²) in [6.45, 7) is 0. The number of hydrogen-bond acceptors (Lipinski definition) is 3. The van der Waals surface area contributed by atoms with Gasteiger partial charge in [-0.25, -0.2) is 4.98 Å². The molecule has 2 heterocycles. The third kappa shape index (κ3) is 1.88. The van der Waals surface area contributed by atoms with Gasteiger partial charge < -0.3 is 0 Å². The van der Waals surface area contributed by atoms with E-state index in [4.69, 9.17) is 0 Å². The van der Waals surface area contributed by atoms with Crippen molar-refractivity contribution in [3.05, 3.63) is 30.4 Å². The molecule has 2 aromatic rings. The fraction of sp³-hybridized carbons (Fsp3) is 0.222. The smallest absolute Gasteiger partial charge is 0.266 e. The van der Waals surface area contributed by atoms with Crippen LogP contribution in [-0.2, 0) is 13.2 Å². The minimum atomic E-state index is -4.46. The van der Waals surface area contributed by atoms with Crippen LogP contribution in [0.25, 0.3) is 11.4 Å². The van der Waals surface area contributed by atoms with E-state index in [-0.39, 0.29) is 0 Å². The molecule has 0 aliphatic carbocycles. The summed E-state index contributed by atoms with van der Waals surface area (Å²) in [5.74, 6) is 0. The Bertz CT molecular complexity index is 486. The molecule has 2 rings (SSSR count). The van der Waals surface area contributed by atoms with Crippen LogP contribution in [0, 0.1) is 0 Å². The number of rotatable bonds is 1. The van der Waals surface area contributed by atoms with E-state index < -0.39 is 11.9 Å². The molecule has 84 valence electrons. The summed E-state index contributed by atoms with van der Waals surface area (Å²) in [7, 11) is 1.68. The molecule has 0 atom stereocenters. The molecular formula is C9H7F3N4. The zero-order chi connectivity index (χ0) is 11.8. The first-order valence-electron chi connectivity index (χ1n) is 4.36. The quantitative estimate of drug-likeness (QED) is 0.748. The average molecular weight is 228 g/mol. The molecule has 0 aliphatic heterocycles. The van der Waals surface area contributed by atoms with Crippen molar-refractivity contribution < 1.29 is 13.2 Å². The van der Waals surface area contributed by atoms with E-state index in [0.717, 1.165) is 6.20 Å². The predicted molar refractivity (Wildman–Crippen MR) is 49.2 cm³/mol. The first kappa shape index (κ1) is 10.6. The zero-order valence-corrected chi connectivity index (χ0v) is 8.23. The lowest BCUT2D eigenvalue weighted by atomic mass is 10.3. The van der Waals surface area contributed by atoms with Crippen molar-refractivity contribution in [2.24, 2.45) is 7.05 Å². The first-order chi connectivity index (χ1) is 7.48. The lowest BCUT2D eigenvalue weighted by molar-refractivity contribution is -0.141. The Hall–Kier alpha value is -1.92. The fourth-order valence-electron chi connectivity index (χ4n) is 1.23. The van der Waals surface area contributed by atoms with Crippen LogP contribution in [0.1, 0.15) is 5.69 Å². The van der Waals surface area contributed by atoms with Crippen molar-refractivity contribution in [2.75, 3.05) is 0 Å². The highest BCUT2D eigenvalue weighted by molar-refractivity contribution is 5.52. The largest absolute Gasteiger partial charge is 0.434 e. The highest BCUT2D eigenvalue weighted by atomic mass is 19.4.